The topological polar surface area (TPSA) is 52.3 Å². The Balaban J connectivity index is 2.98. The van der Waals surface area contributed by atoms with Crippen LogP contribution in [0.1, 0.15) is 19.3 Å². The second-order valence-electron chi connectivity index (χ2n) is 3.57. The molecule has 1 fully saturated rings. The van der Waals surface area contributed by atoms with Crippen molar-refractivity contribution in [2.24, 2.45) is 11.1 Å². The van der Waals surface area contributed by atoms with E-state index in [1.165, 1.54) is 0 Å². The Morgan fingerprint density at radius 3 is 2.43 bits per heavy atom. The molecule has 0 aromatic carbocycles. The maximum absolute atomic E-state index is 12.7. The summed E-state index contributed by atoms with van der Waals surface area (Å²) >= 11 is 0. The molecule has 0 bridgehead atoms. The largest absolute Gasteiger partial charge is 0.468 e. The van der Waals surface area contributed by atoms with Gasteiger partial charge >= 0.3 is 12.1 Å². The van der Waals surface area contributed by atoms with Crippen molar-refractivity contribution in [2.75, 3.05) is 7.11 Å². The summed E-state index contributed by atoms with van der Waals surface area (Å²) in [4.78, 5) is 11.1. The summed E-state index contributed by atoms with van der Waals surface area (Å²) in [5, 5.41) is 0. The molecule has 1 aliphatic carbocycles. The molecule has 1 rings (SSSR count). The predicted octanol–water partition coefficient (Wildman–Crippen LogP) is 1.22. The zero-order valence-electron chi connectivity index (χ0n) is 7.73. The summed E-state index contributed by atoms with van der Waals surface area (Å²) in [7, 11) is 0.958. The molecule has 14 heavy (non-hydrogen) atoms. The van der Waals surface area contributed by atoms with Gasteiger partial charge < -0.3 is 10.5 Å². The summed E-state index contributed by atoms with van der Waals surface area (Å²) in [6.07, 6.45) is -5.02. The maximum atomic E-state index is 12.7. The molecule has 0 saturated heterocycles. The van der Waals surface area contributed by atoms with Crippen molar-refractivity contribution in [2.45, 2.75) is 31.5 Å². The average Bonchev–Trinajstić information content (AvgIpc) is 2.46. The van der Waals surface area contributed by atoms with Crippen molar-refractivity contribution in [3.8, 4) is 0 Å². The van der Waals surface area contributed by atoms with Crippen molar-refractivity contribution in [1.82, 2.24) is 0 Å². The van der Waals surface area contributed by atoms with Crippen molar-refractivity contribution >= 4 is 5.97 Å². The highest BCUT2D eigenvalue weighted by molar-refractivity contribution is 5.78. The number of alkyl halides is 3. The highest BCUT2D eigenvalue weighted by atomic mass is 19.4. The van der Waals surface area contributed by atoms with Gasteiger partial charge in [-0.3, -0.25) is 4.79 Å². The van der Waals surface area contributed by atoms with E-state index < -0.39 is 23.6 Å². The molecule has 0 radical (unpaired) electrons. The molecule has 0 unspecified atom stereocenters. The SMILES string of the molecule is COC(=O)[C@@]1(C(F)(F)F)CC[C@H](N)C1. The van der Waals surface area contributed by atoms with E-state index in [1.807, 2.05) is 0 Å². The molecule has 82 valence electrons. The number of rotatable bonds is 1. The summed E-state index contributed by atoms with van der Waals surface area (Å²) in [5.41, 5.74) is 3.02. The van der Waals surface area contributed by atoms with Gasteiger partial charge in [0.15, 0.2) is 5.41 Å². The van der Waals surface area contributed by atoms with Crippen LogP contribution in [0.5, 0.6) is 0 Å². The van der Waals surface area contributed by atoms with E-state index in [0.717, 1.165) is 7.11 Å². The molecule has 0 aromatic heterocycles. The molecule has 2 N–H and O–H groups in total. The fraction of sp³-hybridized carbons (Fsp3) is 0.875. The lowest BCUT2D eigenvalue weighted by atomic mass is 9.85. The van der Waals surface area contributed by atoms with Gasteiger partial charge in [0.25, 0.3) is 0 Å². The maximum Gasteiger partial charge on any atom is 0.404 e. The number of halogens is 3. The average molecular weight is 211 g/mol. The fourth-order valence-corrected chi connectivity index (χ4v) is 1.84. The number of hydrogen-bond donors (Lipinski definition) is 1. The number of hydrogen-bond acceptors (Lipinski definition) is 3. The third-order valence-corrected chi connectivity index (χ3v) is 2.67. The van der Waals surface area contributed by atoms with Crippen molar-refractivity contribution in [1.29, 1.82) is 0 Å². The van der Waals surface area contributed by atoms with Gasteiger partial charge in [-0.1, -0.05) is 0 Å². The van der Waals surface area contributed by atoms with Crippen LogP contribution >= 0.6 is 0 Å². The van der Waals surface area contributed by atoms with Gasteiger partial charge in [0.1, 0.15) is 0 Å². The minimum Gasteiger partial charge on any atom is -0.468 e. The first-order valence-corrected chi connectivity index (χ1v) is 4.24. The van der Waals surface area contributed by atoms with Gasteiger partial charge in [0.05, 0.1) is 7.11 Å². The van der Waals surface area contributed by atoms with Crippen LogP contribution in [-0.4, -0.2) is 25.3 Å². The fourth-order valence-electron chi connectivity index (χ4n) is 1.84. The molecular weight excluding hydrogens is 199 g/mol. The number of esters is 1. The smallest absolute Gasteiger partial charge is 0.404 e. The van der Waals surface area contributed by atoms with Crippen molar-refractivity contribution in [3.05, 3.63) is 0 Å². The minimum absolute atomic E-state index is 0.203. The Kier molecular flexibility index (Phi) is 2.76. The van der Waals surface area contributed by atoms with Crippen LogP contribution < -0.4 is 5.73 Å². The third-order valence-electron chi connectivity index (χ3n) is 2.67. The lowest BCUT2D eigenvalue weighted by Gasteiger charge is -2.28. The number of ether oxygens (including phenoxy) is 1. The standard InChI is InChI=1S/C8H12F3NO2/c1-14-6(13)7(8(9,10)11)3-2-5(12)4-7/h5H,2-4,12H2,1H3/t5-,7+/m0/s1. The summed E-state index contributed by atoms with van der Waals surface area (Å²) in [6.45, 7) is 0. The Morgan fingerprint density at radius 2 is 2.14 bits per heavy atom. The Labute approximate surface area is 79.4 Å². The van der Waals surface area contributed by atoms with E-state index in [-0.39, 0.29) is 19.3 Å². The lowest BCUT2D eigenvalue weighted by Crippen LogP contribution is -2.44. The van der Waals surface area contributed by atoms with Crippen LogP contribution in [0.3, 0.4) is 0 Å². The first kappa shape index (κ1) is 11.3. The van der Waals surface area contributed by atoms with Crippen LogP contribution in [0.4, 0.5) is 13.2 Å². The summed E-state index contributed by atoms with van der Waals surface area (Å²) in [6, 6.07) is -0.573. The summed E-state index contributed by atoms with van der Waals surface area (Å²) in [5.74, 6) is -1.22. The molecule has 1 saturated carbocycles. The van der Waals surface area contributed by atoms with Crippen LogP contribution in [0.25, 0.3) is 0 Å². The minimum atomic E-state index is -4.58. The number of nitrogens with two attached hydrogens (primary N) is 1. The molecule has 3 nitrogen and oxygen atoms in total. The van der Waals surface area contributed by atoms with E-state index in [4.69, 9.17) is 5.73 Å². The number of carbonyl (C=O) groups is 1. The normalized spacial score (nSPS) is 33.1. The van der Waals surface area contributed by atoms with E-state index in [1.54, 1.807) is 0 Å². The van der Waals surface area contributed by atoms with Crippen molar-refractivity contribution < 1.29 is 22.7 Å². The molecule has 0 aromatic rings. The molecule has 6 heteroatoms. The predicted molar refractivity (Wildman–Crippen MR) is 42.3 cm³/mol. The summed E-state index contributed by atoms with van der Waals surface area (Å²) < 4.78 is 42.2. The van der Waals surface area contributed by atoms with E-state index in [2.05, 4.69) is 4.74 Å². The van der Waals surface area contributed by atoms with Crippen LogP contribution in [0, 0.1) is 5.41 Å². The van der Waals surface area contributed by atoms with Gasteiger partial charge in [-0.2, -0.15) is 13.2 Å². The lowest BCUT2D eigenvalue weighted by molar-refractivity contribution is -0.231. The number of methoxy groups -OCH3 is 1. The first-order chi connectivity index (χ1) is 6.33. The molecular formula is C8H12F3NO2. The van der Waals surface area contributed by atoms with E-state index in [0.29, 0.717) is 0 Å². The number of carbonyl (C=O) groups excluding carboxylic acids is 1. The van der Waals surface area contributed by atoms with E-state index >= 15 is 0 Å². The molecule has 0 spiro atoms. The Bertz CT molecular complexity index is 241. The van der Waals surface area contributed by atoms with Crippen LogP contribution in [0.15, 0.2) is 0 Å². The van der Waals surface area contributed by atoms with Crippen molar-refractivity contribution in [3.63, 3.8) is 0 Å². The van der Waals surface area contributed by atoms with Crippen LogP contribution in [0.2, 0.25) is 0 Å². The molecule has 0 amide bonds. The molecule has 1 aliphatic rings. The molecule has 0 heterocycles. The monoisotopic (exact) mass is 211 g/mol. The van der Waals surface area contributed by atoms with Gasteiger partial charge in [-0.25, -0.2) is 0 Å². The second-order valence-corrected chi connectivity index (χ2v) is 3.57. The Hall–Kier alpha value is -0.780. The molecule has 2 atom stereocenters. The quantitative estimate of drug-likeness (QED) is 0.663. The zero-order valence-corrected chi connectivity index (χ0v) is 7.73. The van der Waals surface area contributed by atoms with Gasteiger partial charge in [0.2, 0.25) is 0 Å². The molecule has 0 aliphatic heterocycles. The van der Waals surface area contributed by atoms with E-state index in [9.17, 15) is 18.0 Å². The van der Waals surface area contributed by atoms with Gasteiger partial charge in [-0.15, -0.1) is 0 Å². The van der Waals surface area contributed by atoms with Gasteiger partial charge in [0, 0.05) is 6.04 Å². The highest BCUT2D eigenvalue weighted by Crippen LogP contribution is 2.50. The van der Waals surface area contributed by atoms with Gasteiger partial charge in [-0.05, 0) is 19.3 Å². The second kappa shape index (κ2) is 3.42. The first-order valence-electron chi connectivity index (χ1n) is 4.24. The zero-order chi connectivity index (χ0) is 11.0. The highest BCUT2D eigenvalue weighted by Gasteiger charge is 2.63. The third kappa shape index (κ3) is 1.58. The van der Waals surface area contributed by atoms with Crippen LogP contribution in [-0.2, 0) is 9.53 Å². The Morgan fingerprint density at radius 1 is 1.57 bits per heavy atom.